The molecule has 0 saturated heterocycles. The fourth-order valence-corrected chi connectivity index (χ4v) is 1.35. The molecule has 0 spiro atoms. The predicted molar refractivity (Wildman–Crippen MR) is 57.4 cm³/mol. The molecule has 1 amide bonds. The van der Waals surface area contributed by atoms with Gasteiger partial charge in [-0.05, 0) is 18.3 Å². The normalized spacial score (nSPS) is 12.6. The van der Waals surface area contributed by atoms with Crippen molar-refractivity contribution < 1.29 is 18.0 Å². The molecule has 16 heavy (non-hydrogen) atoms. The van der Waals surface area contributed by atoms with Crippen LogP contribution >= 0.6 is 11.6 Å². The SMILES string of the molecule is CC(C)(CCCCl)CNC(=O)CC(F)(F)F. The molecule has 2 nitrogen and oxygen atoms in total. The van der Waals surface area contributed by atoms with Gasteiger partial charge >= 0.3 is 6.18 Å². The van der Waals surface area contributed by atoms with Crippen molar-refractivity contribution in [2.45, 2.75) is 39.3 Å². The van der Waals surface area contributed by atoms with Gasteiger partial charge in [-0.1, -0.05) is 13.8 Å². The van der Waals surface area contributed by atoms with Crippen molar-refractivity contribution in [2.24, 2.45) is 5.41 Å². The van der Waals surface area contributed by atoms with Gasteiger partial charge in [0.25, 0.3) is 0 Å². The van der Waals surface area contributed by atoms with E-state index in [1.807, 2.05) is 13.8 Å². The van der Waals surface area contributed by atoms with Crippen LogP contribution < -0.4 is 5.32 Å². The van der Waals surface area contributed by atoms with Gasteiger partial charge in [0, 0.05) is 12.4 Å². The van der Waals surface area contributed by atoms with Crippen molar-refractivity contribution in [3.8, 4) is 0 Å². The lowest BCUT2D eigenvalue weighted by molar-refractivity contribution is -0.154. The van der Waals surface area contributed by atoms with Crippen LogP contribution in [0.1, 0.15) is 33.1 Å². The summed E-state index contributed by atoms with van der Waals surface area (Å²) in [4.78, 5) is 10.9. The summed E-state index contributed by atoms with van der Waals surface area (Å²) in [6, 6.07) is 0. The summed E-state index contributed by atoms with van der Waals surface area (Å²) in [5.74, 6) is -0.466. The molecule has 0 aliphatic heterocycles. The first-order valence-corrected chi connectivity index (χ1v) is 5.59. The molecule has 0 aromatic carbocycles. The average molecular weight is 260 g/mol. The Hall–Kier alpha value is -0.450. The van der Waals surface area contributed by atoms with Gasteiger partial charge < -0.3 is 5.32 Å². The van der Waals surface area contributed by atoms with Gasteiger partial charge in [-0.3, -0.25) is 4.79 Å². The van der Waals surface area contributed by atoms with Gasteiger partial charge in [0.15, 0.2) is 0 Å². The molecule has 96 valence electrons. The number of alkyl halides is 4. The van der Waals surface area contributed by atoms with Crippen molar-refractivity contribution in [2.75, 3.05) is 12.4 Å². The summed E-state index contributed by atoms with van der Waals surface area (Å²) in [5, 5.41) is 2.29. The van der Waals surface area contributed by atoms with Crippen LogP contribution in [0.4, 0.5) is 13.2 Å². The number of rotatable bonds is 6. The lowest BCUT2D eigenvalue weighted by Gasteiger charge is -2.24. The largest absolute Gasteiger partial charge is 0.397 e. The van der Waals surface area contributed by atoms with Crippen molar-refractivity contribution in [1.82, 2.24) is 5.32 Å². The Morgan fingerprint density at radius 1 is 1.31 bits per heavy atom. The van der Waals surface area contributed by atoms with Crippen molar-refractivity contribution in [1.29, 1.82) is 0 Å². The van der Waals surface area contributed by atoms with Crippen LogP contribution in [-0.2, 0) is 4.79 Å². The Kier molecular flexibility index (Phi) is 6.15. The van der Waals surface area contributed by atoms with Gasteiger partial charge in [-0.2, -0.15) is 13.2 Å². The van der Waals surface area contributed by atoms with E-state index in [1.165, 1.54) is 0 Å². The summed E-state index contributed by atoms with van der Waals surface area (Å²) in [7, 11) is 0. The van der Waals surface area contributed by atoms with Crippen LogP contribution in [0, 0.1) is 5.41 Å². The number of carbonyl (C=O) groups is 1. The van der Waals surface area contributed by atoms with Gasteiger partial charge in [0.05, 0.1) is 0 Å². The Morgan fingerprint density at radius 2 is 1.88 bits per heavy atom. The predicted octanol–water partition coefficient (Wildman–Crippen LogP) is 3.10. The Bertz CT molecular complexity index is 229. The highest BCUT2D eigenvalue weighted by Crippen LogP contribution is 2.22. The summed E-state index contributed by atoms with van der Waals surface area (Å²) in [6.07, 6.45) is -4.31. The highest BCUT2D eigenvalue weighted by Gasteiger charge is 2.31. The highest BCUT2D eigenvalue weighted by atomic mass is 35.5. The Labute approximate surface area is 98.5 Å². The van der Waals surface area contributed by atoms with E-state index in [0.29, 0.717) is 5.88 Å². The Balaban J connectivity index is 3.90. The van der Waals surface area contributed by atoms with E-state index in [-0.39, 0.29) is 12.0 Å². The smallest absolute Gasteiger partial charge is 0.355 e. The molecule has 0 unspecified atom stereocenters. The molecule has 0 heterocycles. The number of amides is 1. The monoisotopic (exact) mass is 259 g/mol. The zero-order valence-corrected chi connectivity index (χ0v) is 10.2. The van der Waals surface area contributed by atoms with Crippen molar-refractivity contribution in [3.63, 3.8) is 0 Å². The molecule has 0 bridgehead atoms. The molecule has 0 atom stereocenters. The third-order valence-corrected chi connectivity index (χ3v) is 2.38. The molecule has 0 aliphatic carbocycles. The zero-order valence-electron chi connectivity index (χ0n) is 9.46. The molecule has 0 fully saturated rings. The van der Waals surface area contributed by atoms with Gasteiger partial charge in [0.1, 0.15) is 6.42 Å². The second kappa shape index (κ2) is 6.33. The summed E-state index contributed by atoms with van der Waals surface area (Å²) in [6.45, 7) is 4.00. The minimum atomic E-state index is -4.44. The van der Waals surface area contributed by atoms with E-state index in [9.17, 15) is 18.0 Å². The first-order valence-electron chi connectivity index (χ1n) is 5.06. The first-order chi connectivity index (χ1) is 7.16. The molecule has 0 rings (SSSR count). The lowest BCUT2D eigenvalue weighted by Crippen LogP contribution is -2.36. The van der Waals surface area contributed by atoms with Crippen LogP contribution in [-0.4, -0.2) is 24.5 Å². The van der Waals surface area contributed by atoms with E-state index in [4.69, 9.17) is 11.6 Å². The van der Waals surface area contributed by atoms with E-state index in [0.717, 1.165) is 12.8 Å². The van der Waals surface area contributed by atoms with Crippen molar-refractivity contribution >= 4 is 17.5 Å². The van der Waals surface area contributed by atoms with Crippen LogP contribution in [0.5, 0.6) is 0 Å². The summed E-state index contributed by atoms with van der Waals surface area (Å²) < 4.78 is 35.6. The molecule has 0 radical (unpaired) electrons. The fraction of sp³-hybridized carbons (Fsp3) is 0.900. The average Bonchev–Trinajstić information content (AvgIpc) is 2.09. The maximum Gasteiger partial charge on any atom is 0.397 e. The number of carbonyl (C=O) groups excluding carboxylic acids is 1. The second-order valence-corrected chi connectivity index (χ2v) is 4.90. The minimum Gasteiger partial charge on any atom is -0.355 e. The molecular formula is C10H17ClF3NO. The number of halogens is 4. The standard InChI is InChI=1S/C10H17ClF3NO/c1-9(2,4-3-5-11)7-15-8(16)6-10(12,13)14/h3-7H2,1-2H3,(H,15,16). The van der Waals surface area contributed by atoms with Gasteiger partial charge in [-0.15, -0.1) is 11.6 Å². The van der Waals surface area contributed by atoms with E-state index < -0.39 is 18.5 Å². The van der Waals surface area contributed by atoms with E-state index >= 15 is 0 Å². The molecule has 6 heteroatoms. The minimum absolute atomic E-state index is 0.226. The van der Waals surface area contributed by atoms with Crippen LogP contribution in [0.25, 0.3) is 0 Å². The molecule has 0 saturated carbocycles. The highest BCUT2D eigenvalue weighted by molar-refractivity contribution is 6.17. The first kappa shape index (κ1) is 15.6. The van der Waals surface area contributed by atoms with Crippen molar-refractivity contribution in [3.05, 3.63) is 0 Å². The van der Waals surface area contributed by atoms with Crippen LogP contribution in [0.15, 0.2) is 0 Å². The topological polar surface area (TPSA) is 29.1 Å². The summed E-state index contributed by atoms with van der Waals surface area (Å²) in [5.41, 5.74) is -0.226. The molecular weight excluding hydrogens is 243 g/mol. The quantitative estimate of drug-likeness (QED) is 0.730. The van der Waals surface area contributed by atoms with E-state index in [2.05, 4.69) is 5.32 Å². The third-order valence-electron chi connectivity index (χ3n) is 2.11. The van der Waals surface area contributed by atoms with Gasteiger partial charge in [0.2, 0.25) is 5.91 Å². The Morgan fingerprint density at radius 3 is 2.31 bits per heavy atom. The molecule has 1 N–H and O–H groups in total. The summed E-state index contributed by atoms with van der Waals surface area (Å²) >= 11 is 5.52. The fourth-order valence-electron chi connectivity index (χ4n) is 1.22. The van der Waals surface area contributed by atoms with Gasteiger partial charge in [-0.25, -0.2) is 0 Å². The number of nitrogens with one attached hydrogen (secondary N) is 1. The lowest BCUT2D eigenvalue weighted by atomic mass is 9.88. The number of hydrogen-bond acceptors (Lipinski definition) is 1. The zero-order chi connectivity index (χ0) is 12.8. The van der Waals surface area contributed by atoms with Crippen LogP contribution in [0.2, 0.25) is 0 Å². The maximum absolute atomic E-state index is 11.9. The third kappa shape index (κ3) is 8.83. The maximum atomic E-state index is 11.9. The van der Waals surface area contributed by atoms with Crippen LogP contribution in [0.3, 0.4) is 0 Å². The second-order valence-electron chi connectivity index (χ2n) is 4.53. The van der Waals surface area contributed by atoms with E-state index in [1.54, 1.807) is 0 Å². The molecule has 0 aromatic rings. The number of hydrogen-bond donors (Lipinski definition) is 1. The molecule has 0 aromatic heterocycles. The molecule has 0 aliphatic rings.